The van der Waals surface area contributed by atoms with E-state index in [1.54, 1.807) is 24.2 Å². The second-order valence-corrected chi connectivity index (χ2v) is 5.21. The van der Waals surface area contributed by atoms with Gasteiger partial charge in [0.1, 0.15) is 11.7 Å². The predicted octanol–water partition coefficient (Wildman–Crippen LogP) is 1.81. The van der Waals surface area contributed by atoms with E-state index >= 15 is 0 Å². The molecule has 0 saturated heterocycles. The molecule has 0 aromatic heterocycles. The van der Waals surface area contributed by atoms with Crippen molar-refractivity contribution in [1.29, 1.82) is 0 Å². The molecule has 0 atom stereocenters. The maximum atomic E-state index is 12.8. The van der Waals surface area contributed by atoms with E-state index in [0.29, 0.717) is 27.3 Å². The molecule has 2 N–H and O–H groups in total. The Morgan fingerprint density at radius 1 is 1.50 bits per heavy atom. The van der Waals surface area contributed by atoms with Crippen LogP contribution in [0.5, 0.6) is 0 Å². The van der Waals surface area contributed by atoms with Gasteiger partial charge in [0, 0.05) is 12.6 Å². The maximum Gasteiger partial charge on any atom is 0.161 e. The van der Waals surface area contributed by atoms with Gasteiger partial charge in [0.05, 0.1) is 5.75 Å². The van der Waals surface area contributed by atoms with Gasteiger partial charge in [-0.2, -0.15) is 5.10 Å². The molecule has 4 nitrogen and oxygen atoms in total. The lowest BCUT2D eigenvalue weighted by molar-refractivity contribution is 0.561. The summed E-state index contributed by atoms with van der Waals surface area (Å²) in [6.07, 6.45) is 0. The SMILES string of the molecule is CN1N=C(N=C(N)c2ccc(F)cc2)CSC1=S. The number of hydrogen-bond acceptors (Lipinski definition) is 4. The topological polar surface area (TPSA) is 54.0 Å². The van der Waals surface area contributed by atoms with E-state index in [-0.39, 0.29) is 5.82 Å². The molecule has 0 aliphatic carbocycles. The second-order valence-electron chi connectivity index (χ2n) is 3.60. The van der Waals surface area contributed by atoms with E-state index in [0.717, 1.165) is 0 Å². The molecule has 7 heteroatoms. The van der Waals surface area contributed by atoms with Gasteiger partial charge in [0.15, 0.2) is 10.2 Å². The summed E-state index contributed by atoms with van der Waals surface area (Å²) in [5.41, 5.74) is 6.51. The van der Waals surface area contributed by atoms with Gasteiger partial charge in [-0.05, 0) is 24.3 Å². The monoisotopic (exact) mass is 282 g/mol. The van der Waals surface area contributed by atoms with Crippen LogP contribution in [-0.4, -0.2) is 33.8 Å². The predicted molar refractivity (Wildman–Crippen MR) is 77.4 cm³/mol. The van der Waals surface area contributed by atoms with E-state index in [4.69, 9.17) is 18.0 Å². The van der Waals surface area contributed by atoms with Gasteiger partial charge in [-0.15, -0.1) is 0 Å². The van der Waals surface area contributed by atoms with Crippen LogP contribution in [0.2, 0.25) is 0 Å². The van der Waals surface area contributed by atoms with Crippen molar-refractivity contribution in [2.45, 2.75) is 0 Å². The highest BCUT2D eigenvalue weighted by molar-refractivity contribution is 8.23. The number of nitrogens with two attached hydrogens (primary N) is 1. The van der Waals surface area contributed by atoms with Gasteiger partial charge in [-0.25, -0.2) is 9.38 Å². The lowest BCUT2D eigenvalue weighted by atomic mass is 10.2. The Morgan fingerprint density at radius 2 is 2.17 bits per heavy atom. The van der Waals surface area contributed by atoms with Gasteiger partial charge >= 0.3 is 0 Å². The van der Waals surface area contributed by atoms with E-state index < -0.39 is 0 Å². The number of halogens is 1. The van der Waals surface area contributed by atoms with Gasteiger partial charge < -0.3 is 5.73 Å². The van der Waals surface area contributed by atoms with Crippen LogP contribution in [-0.2, 0) is 0 Å². The Morgan fingerprint density at radius 3 is 2.78 bits per heavy atom. The number of thiocarbonyl (C=S) groups is 1. The third-order valence-electron chi connectivity index (χ3n) is 2.24. The van der Waals surface area contributed by atoms with E-state index in [2.05, 4.69) is 10.1 Å². The van der Waals surface area contributed by atoms with Crippen molar-refractivity contribution in [3.8, 4) is 0 Å². The maximum absolute atomic E-state index is 12.8. The van der Waals surface area contributed by atoms with Crippen molar-refractivity contribution >= 4 is 40.0 Å². The lowest BCUT2D eigenvalue weighted by Crippen LogP contribution is -2.26. The van der Waals surface area contributed by atoms with E-state index in [1.807, 2.05) is 0 Å². The molecule has 0 amide bonds. The number of aliphatic imine (C=N–C) groups is 1. The van der Waals surface area contributed by atoms with Crippen LogP contribution in [0.25, 0.3) is 0 Å². The van der Waals surface area contributed by atoms with Crippen LogP contribution in [0.15, 0.2) is 34.4 Å². The first-order valence-electron chi connectivity index (χ1n) is 5.14. The van der Waals surface area contributed by atoms with E-state index in [9.17, 15) is 4.39 Å². The highest BCUT2D eigenvalue weighted by Gasteiger charge is 2.14. The first-order valence-corrected chi connectivity index (χ1v) is 6.53. The first kappa shape index (κ1) is 13.0. The summed E-state index contributed by atoms with van der Waals surface area (Å²) in [7, 11) is 1.76. The minimum atomic E-state index is -0.304. The summed E-state index contributed by atoms with van der Waals surface area (Å²) in [5.74, 6) is 1.20. The molecule has 0 fully saturated rings. The minimum Gasteiger partial charge on any atom is -0.383 e. The molecule has 0 unspecified atom stereocenters. The molecule has 1 aromatic rings. The fraction of sp³-hybridized carbons (Fsp3) is 0.182. The van der Waals surface area contributed by atoms with Crippen LogP contribution in [0.1, 0.15) is 5.56 Å². The van der Waals surface area contributed by atoms with Crippen molar-refractivity contribution in [3.05, 3.63) is 35.6 Å². The lowest BCUT2D eigenvalue weighted by Gasteiger charge is -2.19. The van der Waals surface area contributed by atoms with Gasteiger partial charge in [0.25, 0.3) is 0 Å². The molecule has 1 heterocycles. The van der Waals surface area contributed by atoms with Crippen LogP contribution < -0.4 is 5.73 Å². The minimum absolute atomic E-state index is 0.304. The average molecular weight is 282 g/mol. The third-order valence-corrected chi connectivity index (χ3v) is 3.78. The molecule has 0 bridgehead atoms. The number of amidine groups is 2. The normalized spacial score (nSPS) is 16.8. The zero-order valence-electron chi connectivity index (χ0n) is 9.63. The van der Waals surface area contributed by atoms with Crippen LogP contribution in [0.3, 0.4) is 0 Å². The molecule has 1 aliphatic heterocycles. The summed E-state index contributed by atoms with van der Waals surface area (Å²) in [6.45, 7) is 0. The molecule has 0 radical (unpaired) electrons. The molecule has 94 valence electrons. The van der Waals surface area contributed by atoms with Crippen molar-refractivity contribution in [3.63, 3.8) is 0 Å². The molecular weight excluding hydrogens is 271 g/mol. The molecular formula is C11H11FN4S2. The summed E-state index contributed by atoms with van der Waals surface area (Å²) in [5, 5.41) is 5.78. The number of hydrazone groups is 1. The quantitative estimate of drug-likeness (QED) is 0.485. The summed E-state index contributed by atoms with van der Waals surface area (Å²) in [4.78, 5) is 4.22. The van der Waals surface area contributed by atoms with Gasteiger partial charge in [-0.1, -0.05) is 24.0 Å². The molecule has 2 rings (SSSR count). The molecule has 1 aromatic carbocycles. The number of rotatable bonds is 1. The van der Waals surface area contributed by atoms with Crippen LogP contribution in [0.4, 0.5) is 4.39 Å². The molecule has 0 spiro atoms. The van der Waals surface area contributed by atoms with Crippen LogP contribution in [0, 0.1) is 5.82 Å². The summed E-state index contributed by atoms with van der Waals surface area (Å²) < 4.78 is 13.5. The number of thioether (sulfide) groups is 1. The van der Waals surface area contributed by atoms with E-state index in [1.165, 1.54) is 23.9 Å². The smallest absolute Gasteiger partial charge is 0.161 e. The van der Waals surface area contributed by atoms with Crippen molar-refractivity contribution in [2.24, 2.45) is 15.8 Å². The van der Waals surface area contributed by atoms with Gasteiger partial charge in [0.2, 0.25) is 0 Å². The largest absolute Gasteiger partial charge is 0.383 e. The van der Waals surface area contributed by atoms with Gasteiger partial charge in [-0.3, -0.25) is 5.01 Å². The van der Waals surface area contributed by atoms with Crippen molar-refractivity contribution < 1.29 is 4.39 Å². The fourth-order valence-electron chi connectivity index (χ4n) is 1.34. The number of hydrogen-bond donors (Lipinski definition) is 1. The fourth-order valence-corrected chi connectivity index (χ4v) is 2.16. The molecule has 0 saturated carbocycles. The Labute approximate surface area is 114 Å². The zero-order valence-corrected chi connectivity index (χ0v) is 11.3. The van der Waals surface area contributed by atoms with Crippen molar-refractivity contribution in [1.82, 2.24) is 5.01 Å². The van der Waals surface area contributed by atoms with Crippen LogP contribution >= 0.6 is 24.0 Å². The Hall–Kier alpha value is -1.47. The molecule has 1 aliphatic rings. The number of benzene rings is 1. The average Bonchev–Trinajstić information content (AvgIpc) is 2.34. The Bertz CT molecular complexity index is 524. The Kier molecular flexibility index (Phi) is 3.93. The molecule has 18 heavy (non-hydrogen) atoms. The third kappa shape index (κ3) is 3.05. The summed E-state index contributed by atoms with van der Waals surface area (Å²) >= 11 is 6.54. The number of nitrogens with zero attached hydrogens (tertiary/aromatic N) is 3. The standard InChI is InChI=1S/C11H11FN4S2/c1-16-11(17)18-6-9(15-16)14-10(13)7-2-4-8(12)5-3-7/h2-5H,6H2,1H3,(H2,13,14,15). The zero-order chi connectivity index (χ0) is 13.1. The van der Waals surface area contributed by atoms with Crippen molar-refractivity contribution in [2.75, 3.05) is 12.8 Å². The highest BCUT2D eigenvalue weighted by Crippen LogP contribution is 2.15. The highest BCUT2D eigenvalue weighted by atomic mass is 32.2. The Balaban J connectivity index is 2.20. The second kappa shape index (κ2) is 5.45. The summed E-state index contributed by atoms with van der Waals surface area (Å²) in [6, 6.07) is 5.85. The first-order chi connectivity index (χ1) is 8.56.